The molecule has 0 spiro atoms. The van der Waals surface area contributed by atoms with Crippen molar-refractivity contribution in [2.75, 3.05) is 12.3 Å². The third-order valence-corrected chi connectivity index (χ3v) is 4.56. The van der Waals surface area contributed by atoms with Crippen molar-refractivity contribution >= 4 is 27.3 Å². The second kappa shape index (κ2) is 5.66. The SMILES string of the molecule is Nc1ccc(S(=O)(=O)NC2CCCNC2=O)cc1[N+](=O)[O-]. The Labute approximate surface area is 120 Å². The summed E-state index contributed by atoms with van der Waals surface area (Å²) in [6.07, 6.45) is 1.03. The number of carbonyl (C=O) groups excluding carboxylic acids is 1. The van der Waals surface area contributed by atoms with Gasteiger partial charge in [-0.05, 0) is 25.0 Å². The number of nitrogens with two attached hydrogens (primary N) is 1. The van der Waals surface area contributed by atoms with Crippen LogP contribution in [0.25, 0.3) is 0 Å². The molecule has 10 heteroatoms. The van der Waals surface area contributed by atoms with Crippen molar-refractivity contribution in [1.82, 2.24) is 10.0 Å². The van der Waals surface area contributed by atoms with E-state index >= 15 is 0 Å². The van der Waals surface area contributed by atoms with E-state index in [0.29, 0.717) is 19.4 Å². The van der Waals surface area contributed by atoms with Gasteiger partial charge < -0.3 is 11.1 Å². The Kier molecular flexibility index (Phi) is 4.09. The van der Waals surface area contributed by atoms with E-state index in [1.165, 1.54) is 0 Å². The molecular weight excluding hydrogens is 300 g/mol. The Morgan fingerprint density at radius 1 is 1.43 bits per heavy atom. The van der Waals surface area contributed by atoms with Crippen LogP contribution in [0.5, 0.6) is 0 Å². The topological polar surface area (TPSA) is 144 Å². The Balaban J connectivity index is 2.29. The zero-order valence-electron chi connectivity index (χ0n) is 10.9. The first-order valence-corrected chi connectivity index (χ1v) is 7.63. The number of piperidine rings is 1. The zero-order valence-corrected chi connectivity index (χ0v) is 11.7. The number of nitrogen functional groups attached to an aromatic ring is 1. The molecule has 1 unspecified atom stereocenters. The summed E-state index contributed by atoms with van der Waals surface area (Å²) in [7, 11) is -4.04. The summed E-state index contributed by atoms with van der Waals surface area (Å²) in [4.78, 5) is 21.3. The second-order valence-corrected chi connectivity index (χ2v) is 6.30. The van der Waals surface area contributed by atoms with Crippen LogP contribution in [-0.4, -0.2) is 31.8 Å². The Morgan fingerprint density at radius 2 is 2.14 bits per heavy atom. The predicted octanol–water partition coefficient (Wildman–Crippen LogP) is -0.266. The van der Waals surface area contributed by atoms with Crippen LogP contribution in [0.3, 0.4) is 0 Å². The van der Waals surface area contributed by atoms with E-state index in [1.807, 2.05) is 0 Å². The van der Waals surface area contributed by atoms with Gasteiger partial charge in [0.15, 0.2) is 0 Å². The highest BCUT2D eigenvalue weighted by Crippen LogP contribution is 2.25. The summed E-state index contributed by atoms with van der Waals surface area (Å²) in [5.41, 5.74) is 4.79. The fraction of sp³-hybridized carbons (Fsp3) is 0.364. The molecule has 0 saturated carbocycles. The third kappa shape index (κ3) is 3.28. The summed E-state index contributed by atoms with van der Waals surface area (Å²) >= 11 is 0. The van der Waals surface area contributed by atoms with E-state index in [9.17, 15) is 23.3 Å². The monoisotopic (exact) mass is 314 g/mol. The molecule has 1 aromatic carbocycles. The number of amides is 1. The quantitative estimate of drug-likeness (QED) is 0.396. The standard InChI is InChI=1S/C11H14N4O5S/c12-8-4-3-7(6-10(8)15(17)18)21(19,20)14-9-2-1-5-13-11(9)16/h3-4,6,9,14H,1-2,5,12H2,(H,13,16). The zero-order chi connectivity index (χ0) is 15.6. The molecule has 0 aliphatic carbocycles. The maximum absolute atomic E-state index is 12.2. The molecule has 0 aromatic heterocycles. The molecule has 1 aliphatic heterocycles. The van der Waals surface area contributed by atoms with Gasteiger partial charge in [-0.2, -0.15) is 4.72 Å². The maximum atomic E-state index is 12.2. The molecule has 4 N–H and O–H groups in total. The van der Waals surface area contributed by atoms with E-state index < -0.39 is 32.6 Å². The summed E-state index contributed by atoms with van der Waals surface area (Å²) in [6.45, 7) is 0.504. The lowest BCUT2D eigenvalue weighted by Crippen LogP contribution is -2.50. The number of hydrogen-bond donors (Lipinski definition) is 3. The number of nitro groups is 1. The molecule has 1 saturated heterocycles. The highest BCUT2D eigenvalue weighted by molar-refractivity contribution is 7.89. The van der Waals surface area contributed by atoms with Crippen LogP contribution in [-0.2, 0) is 14.8 Å². The first-order valence-electron chi connectivity index (χ1n) is 6.15. The number of carbonyl (C=O) groups is 1. The van der Waals surface area contributed by atoms with Crippen LogP contribution in [0.15, 0.2) is 23.1 Å². The minimum atomic E-state index is -4.04. The third-order valence-electron chi connectivity index (χ3n) is 3.09. The normalized spacial score (nSPS) is 19.0. The van der Waals surface area contributed by atoms with Crippen molar-refractivity contribution in [2.45, 2.75) is 23.8 Å². The largest absolute Gasteiger partial charge is 0.393 e. The van der Waals surface area contributed by atoms with Crippen molar-refractivity contribution in [3.05, 3.63) is 28.3 Å². The molecule has 1 aromatic rings. The molecule has 1 amide bonds. The van der Waals surface area contributed by atoms with Gasteiger partial charge in [-0.25, -0.2) is 8.42 Å². The summed E-state index contributed by atoms with van der Waals surface area (Å²) in [5.74, 6) is -0.408. The van der Waals surface area contributed by atoms with E-state index in [-0.39, 0.29) is 10.6 Å². The summed E-state index contributed by atoms with van der Waals surface area (Å²) < 4.78 is 26.6. The summed E-state index contributed by atoms with van der Waals surface area (Å²) in [6, 6.07) is 2.30. The van der Waals surface area contributed by atoms with Crippen molar-refractivity contribution in [1.29, 1.82) is 0 Å². The highest BCUT2D eigenvalue weighted by Gasteiger charge is 2.28. The lowest BCUT2D eigenvalue weighted by molar-refractivity contribution is -0.384. The lowest BCUT2D eigenvalue weighted by Gasteiger charge is -2.22. The fourth-order valence-corrected chi connectivity index (χ4v) is 3.24. The Bertz CT molecular complexity index is 688. The summed E-state index contributed by atoms with van der Waals surface area (Å²) in [5, 5.41) is 13.3. The number of nitrogens with zero attached hydrogens (tertiary/aromatic N) is 1. The van der Waals surface area contributed by atoms with E-state index in [2.05, 4.69) is 10.0 Å². The molecule has 1 aliphatic rings. The number of nitrogens with one attached hydrogen (secondary N) is 2. The highest BCUT2D eigenvalue weighted by atomic mass is 32.2. The molecule has 1 heterocycles. The van der Waals surface area contributed by atoms with Gasteiger partial charge in [-0.15, -0.1) is 0 Å². The van der Waals surface area contributed by atoms with Crippen LogP contribution in [0.2, 0.25) is 0 Å². The molecule has 0 radical (unpaired) electrons. The van der Waals surface area contributed by atoms with E-state index in [1.54, 1.807) is 0 Å². The van der Waals surface area contributed by atoms with Gasteiger partial charge in [0.05, 0.1) is 9.82 Å². The number of rotatable bonds is 4. The van der Waals surface area contributed by atoms with Crippen molar-refractivity contribution < 1.29 is 18.1 Å². The molecule has 0 bridgehead atoms. The van der Waals surface area contributed by atoms with Crippen molar-refractivity contribution in [3.63, 3.8) is 0 Å². The Morgan fingerprint density at radius 3 is 2.76 bits per heavy atom. The van der Waals surface area contributed by atoms with Gasteiger partial charge >= 0.3 is 0 Å². The smallest absolute Gasteiger partial charge is 0.293 e. The van der Waals surface area contributed by atoms with Gasteiger partial charge in [-0.3, -0.25) is 14.9 Å². The van der Waals surface area contributed by atoms with Crippen LogP contribution < -0.4 is 15.8 Å². The predicted molar refractivity (Wildman–Crippen MR) is 73.9 cm³/mol. The number of hydrogen-bond acceptors (Lipinski definition) is 6. The molecule has 1 fully saturated rings. The first-order chi connectivity index (χ1) is 9.81. The van der Waals surface area contributed by atoms with Crippen LogP contribution in [0.1, 0.15) is 12.8 Å². The number of nitro benzene ring substituents is 1. The van der Waals surface area contributed by atoms with Crippen LogP contribution in [0, 0.1) is 10.1 Å². The van der Waals surface area contributed by atoms with Crippen LogP contribution in [0.4, 0.5) is 11.4 Å². The number of benzene rings is 1. The van der Waals surface area contributed by atoms with Gasteiger partial charge in [0.25, 0.3) is 5.69 Å². The fourth-order valence-electron chi connectivity index (χ4n) is 1.99. The molecule has 1 atom stereocenters. The lowest BCUT2D eigenvalue weighted by atomic mass is 10.1. The minimum absolute atomic E-state index is 0.130. The minimum Gasteiger partial charge on any atom is -0.393 e. The van der Waals surface area contributed by atoms with Crippen molar-refractivity contribution in [2.24, 2.45) is 0 Å². The van der Waals surface area contributed by atoms with Crippen LogP contribution >= 0.6 is 0 Å². The number of anilines is 1. The Hall–Kier alpha value is -2.20. The van der Waals surface area contributed by atoms with E-state index in [4.69, 9.17) is 5.73 Å². The first kappa shape index (κ1) is 15.2. The van der Waals surface area contributed by atoms with Crippen molar-refractivity contribution in [3.8, 4) is 0 Å². The van der Waals surface area contributed by atoms with Gasteiger partial charge in [-0.1, -0.05) is 0 Å². The molecule has 9 nitrogen and oxygen atoms in total. The van der Waals surface area contributed by atoms with Gasteiger partial charge in [0.1, 0.15) is 11.7 Å². The molecule has 21 heavy (non-hydrogen) atoms. The van der Waals surface area contributed by atoms with Gasteiger partial charge in [0, 0.05) is 12.6 Å². The van der Waals surface area contributed by atoms with Gasteiger partial charge in [0.2, 0.25) is 15.9 Å². The average molecular weight is 314 g/mol. The molecule has 114 valence electrons. The molecular formula is C11H14N4O5S. The second-order valence-electron chi connectivity index (χ2n) is 4.58. The maximum Gasteiger partial charge on any atom is 0.293 e. The molecule has 2 rings (SSSR count). The van der Waals surface area contributed by atoms with E-state index in [0.717, 1.165) is 18.2 Å². The average Bonchev–Trinajstić information content (AvgIpc) is 2.41. The number of sulfonamides is 1.